The molecule has 0 radical (unpaired) electrons. The van der Waals surface area contributed by atoms with E-state index in [1.807, 2.05) is 0 Å². The van der Waals surface area contributed by atoms with Crippen molar-refractivity contribution in [2.45, 2.75) is 87.0 Å². The van der Waals surface area contributed by atoms with Gasteiger partial charge in [0.25, 0.3) is 0 Å². The Hall–Kier alpha value is -3.07. The number of nitrogens with one attached hydrogen (secondary N) is 1. The van der Waals surface area contributed by atoms with Gasteiger partial charge in [-0.15, -0.1) is 0 Å². The van der Waals surface area contributed by atoms with Gasteiger partial charge in [0, 0.05) is 18.3 Å². The lowest BCUT2D eigenvalue weighted by atomic mass is 9.90. The van der Waals surface area contributed by atoms with E-state index < -0.39 is 0 Å². The number of aryl methyl sites for hydroxylation is 2. The van der Waals surface area contributed by atoms with Crippen LogP contribution in [0.2, 0.25) is 0 Å². The van der Waals surface area contributed by atoms with Gasteiger partial charge in [0.05, 0.1) is 17.1 Å². The summed E-state index contributed by atoms with van der Waals surface area (Å²) in [5, 5.41) is 3.55. The maximum Gasteiger partial charge on any atom is 0.106 e. The van der Waals surface area contributed by atoms with E-state index in [4.69, 9.17) is 4.98 Å². The Labute approximate surface area is 219 Å². The van der Waals surface area contributed by atoms with E-state index in [-0.39, 0.29) is 0 Å². The molecule has 0 spiro atoms. The summed E-state index contributed by atoms with van der Waals surface area (Å²) in [6.45, 7) is 20.0. The summed E-state index contributed by atoms with van der Waals surface area (Å²) in [6.07, 6.45) is 8.65. The second-order valence-corrected chi connectivity index (χ2v) is 10.3. The van der Waals surface area contributed by atoms with Crippen LogP contribution in [0.25, 0.3) is 11.1 Å². The molecule has 3 nitrogen and oxygen atoms in total. The third-order valence-electron chi connectivity index (χ3n) is 7.37. The predicted molar refractivity (Wildman–Crippen MR) is 159 cm³/mol. The number of unbranched alkanes of at least 4 members (excludes halogenated alkanes) is 1. The highest BCUT2D eigenvalue weighted by atomic mass is 15.3. The Morgan fingerprint density at radius 2 is 1.78 bits per heavy atom. The molecular formula is C33H45N3. The second kappa shape index (κ2) is 12.3. The van der Waals surface area contributed by atoms with Crippen LogP contribution in [0.5, 0.6) is 0 Å². The molecule has 192 valence electrons. The van der Waals surface area contributed by atoms with Crippen LogP contribution in [0, 0.1) is 13.8 Å². The minimum atomic E-state index is 0.970. The smallest absolute Gasteiger partial charge is 0.106 e. The van der Waals surface area contributed by atoms with E-state index in [9.17, 15) is 0 Å². The largest absolute Gasteiger partial charge is 0.340 e. The number of benzene rings is 1. The zero-order chi connectivity index (χ0) is 26.4. The quantitative estimate of drug-likeness (QED) is 0.269. The van der Waals surface area contributed by atoms with E-state index in [1.54, 1.807) is 0 Å². The Morgan fingerprint density at radius 3 is 2.47 bits per heavy atom. The molecule has 1 aliphatic rings. The fourth-order valence-electron chi connectivity index (χ4n) is 4.97. The summed E-state index contributed by atoms with van der Waals surface area (Å²) in [4.78, 5) is 7.23. The fourth-order valence-corrected chi connectivity index (χ4v) is 4.97. The molecular weight excluding hydrogens is 438 g/mol. The SMILES string of the molecule is C=C(CCC/C=C1/Nc2ccc(C)cc2N1C)c1cc(C)nc(C(/C(C)=C(/C)CC)=C(\C)CCC)c1. The number of fused-ring (bicyclic) bond motifs is 1. The summed E-state index contributed by atoms with van der Waals surface area (Å²) in [5.74, 6) is 1.16. The highest BCUT2D eigenvalue weighted by molar-refractivity contribution is 5.82. The highest BCUT2D eigenvalue weighted by Crippen LogP contribution is 2.36. The van der Waals surface area contributed by atoms with Crippen molar-refractivity contribution in [3.8, 4) is 0 Å². The first kappa shape index (κ1) is 27.5. The van der Waals surface area contributed by atoms with Gasteiger partial charge < -0.3 is 10.2 Å². The van der Waals surface area contributed by atoms with E-state index in [2.05, 4.69) is 109 Å². The van der Waals surface area contributed by atoms with Crippen molar-refractivity contribution >= 4 is 22.5 Å². The van der Waals surface area contributed by atoms with Gasteiger partial charge in [0.2, 0.25) is 0 Å². The van der Waals surface area contributed by atoms with Gasteiger partial charge in [-0.1, -0.05) is 44.1 Å². The Bertz CT molecular complexity index is 1210. The lowest BCUT2D eigenvalue weighted by Crippen LogP contribution is -2.14. The van der Waals surface area contributed by atoms with Crippen LogP contribution < -0.4 is 10.2 Å². The van der Waals surface area contributed by atoms with Crippen LogP contribution in [0.15, 0.2) is 65.5 Å². The molecule has 1 aromatic heterocycles. The molecule has 1 aliphatic heterocycles. The van der Waals surface area contributed by atoms with Crippen molar-refractivity contribution in [2.24, 2.45) is 0 Å². The molecule has 0 saturated carbocycles. The molecule has 2 heterocycles. The molecule has 0 bridgehead atoms. The molecule has 1 aromatic carbocycles. The maximum absolute atomic E-state index is 4.98. The summed E-state index contributed by atoms with van der Waals surface area (Å²) in [6, 6.07) is 11.0. The Morgan fingerprint density at radius 1 is 1.03 bits per heavy atom. The summed E-state index contributed by atoms with van der Waals surface area (Å²) in [5.41, 5.74) is 13.8. The molecule has 1 N–H and O–H groups in total. The molecule has 0 fully saturated rings. The average Bonchev–Trinajstić information content (AvgIpc) is 3.15. The van der Waals surface area contributed by atoms with Crippen molar-refractivity contribution in [3.05, 3.63) is 88.0 Å². The minimum absolute atomic E-state index is 0.970. The molecule has 2 aromatic rings. The average molecular weight is 484 g/mol. The van der Waals surface area contributed by atoms with Gasteiger partial charge in [-0.2, -0.15) is 0 Å². The predicted octanol–water partition coefficient (Wildman–Crippen LogP) is 9.61. The van der Waals surface area contributed by atoms with Crippen molar-refractivity contribution < 1.29 is 0 Å². The summed E-state index contributed by atoms with van der Waals surface area (Å²) < 4.78 is 0. The van der Waals surface area contributed by atoms with Crippen molar-refractivity contribution in [1.29, 1.82) is 0 Å². The number of pyridine rings is 1. The molecule has 3 heteroatoms. The number of nitrogens with zero attached hydrogens (tertiary/aromatic N) is 2. The number of hydrogen-bond acceptors (Lipinski definition) is 3. The molecule has 0 amide bonds. The van der Waals surface area contributed by atoms with Crippen LogP contribution in [-0.2, 0) is 0 Å². The third-order valence-corrected chi connectivity index (χ3v) is 7.37. The van der Waals surface area contributed by atoms with Crippen LogP contribution in [-0.4, -0.2) is 12.0 Å². The number of allylic oxidation sites excluding steroid dienone is 6. The van der Waals surface area contributed by atoms with Crippen molar-refractivity contribution in [3.63, 3.8) is 0 Å². The highest BCUT2D eigenvalue weighted by Gasteiger charge is 2.19. The van der Waals surface area contributed by atoms with E-state index in [0.29, 0.717) is 0 Å². The molecule has 0 aliphatic carbocycles. The lowest BCUT2D eigenvalue weighted by molar-refractivity contribution is 0.871. The van der Waals surface area contributed by atoms with Gasteiger partial charge in [-0.3, -0.25) is 4.98 Å². The topological polar surface area (TPSA) is 28.2 Å². The van der Waals surface area contributed by atoms with Gasteiger partial charge in [0.1, 0.15) is 5.82 Å². The number of rotatable bonds is 10. The molecule has 0 saturated heterocycles. The normalized spacial score (nSPS) is 15.4. The monoisotopic (exact) mass is 483 g/mol. The first-order valence-corrected chi connectivity index (χ1v) is 13.5. The van der Waals surface area contributed by atoms with Crippen molar-refractivity contribution in [1.82, 2.24) is 4.98 Å². The van der Waals surface area contributed by atoms with Gasteiger partial charge in [0.15, 0.2) is 0 Å². The maximum atomic E-state index is 4.98. The third kappa shape index (κ3) is 6.37. The molecule has 0 atom stereocenters. The van der Waals surface area contributed by atoms with Gasteiger partial charge in [-0.25, -0.2) is 0 Å². The van der Waals surface area contributed by atoms with E-state index >= 15 is 0 Å². The van der Waals surface area contributed by atoms with Crippen molar-refractivity contribution in [2.75, 3.05) is 17.3 Å². The molecule has 36 heavy (non-hydrogen) atoms. The standard InChI is InChI=1S/C33H45N3/c1-10-14-25(6)33(27(8)23(4)11-2)30-21-28(20-26(7)34-30)24(5)15-12-13-16-32-35-29-18-17-22(3)19-31(29)36(32)9/h16-21,35H,5,10-15H2,1-4,6-9H3/b27-23-,32-16-,33-25+. The van der Waals surface area contributed by atoms with Crippen LogP contribution in [0.1, 0.15) is 95.7 Å². The zero-order valence-corrected chi connectivity index (χ0v) is 23.8. The van der Waals surface area contributed by atoms with Gasteiger partial charge >= 0.3 is 0 Å². The van der Waals surface area contributed by atoms with E-state index in [0.717, 1.165) is 55.7 Å². The molecule has 3 rings (SSSR count). The van der Waals surface area contributed by atoms with Gasteiger partial charge in [-0.05, 0) is 119 Å². The number of anilines is 2. The Balaban J connectivity index is 1.74. The zero-order valence-electron chi connectivity index (χ0n) is 23.8. The molecule has 0 unspecified atom stereocenters. The van der Waals surface area contributed by atoms with E-state index in [1.165, 1.54) is 50.4 Å². The van der Waals surface area contributed by atoms with Crippen LogP contribution >= 0.6 is 0 Å². The lowest BCUT2D eigenvalue weighted by Gasteiger charge is -2.17. The second-order valence-electron chi connectivity index (χ2n) is 10.3. The first-order valence-electron chi connectivity index (χ1n) is 13.5. The number of aromatic nitrogens is 1. The Kier molecular flexibility index (Phi) is 9.37. The first-order chi connectivity index (χ1) is 17.2. The van der Waals surface area contributed by atoms with Crippen LogP contribution in [0.3, 0.4) is 0 Å². The fraction of sp³-hybridized carbons (Fsp3) is 0.424. The summed E-state index contributed by atoms with van der Waals surface area (Å²) >= 11 is 0. The summed E-state index contributed by atoms with van der Waals surface area (Å²) in [7, 11) is 2.13. The number of hydrogen-bond donors (Lipinski definition) is 1. The van der Waals surface area contributed by atoms with Crippen LogP contribution in [0.4, 0.5) is 11.4 Å². The minimum Gasteiger partial charge on any atom is -0.340 e.